The van der Waals surface area contributed by atoms with Crippen LogP contribution in [0.4, 0.5) is 13.2 Å². The molecular weight excluding hydrogens is 405 g/mol. The molecule has 2 aromatic carbocycles. The predicted octanol–water partition coefficient (Wildman–Crippen LogP) is 4.84. The first kappa shape index (κ1) is 21.6. The zero-order valence-corrected chi connectivity index (χ0v) is 17.7. The van der Waals surface area contributed by atoms with Crippen molar-refractivity contribution in [3.05, 3.63) is 47.5 Å². The van der Waals surface area contributed by atoms with Gasteiger partial charge in [-0.05, 0) is 87.3 Å². The minimum atomic E-state index is -4.70. The van der Waals surface area contributed by atoms with E-state index in [1.165, 1.54) is 17.7 Å². The Kier molecular flexibility index (Phi) is 6.20. The summed E-state index contributed by atoms with van der Waals surface area (Å²) in [5.41, 5.74) is 4.98. The normalized spacial score (nSPS) is 16.2. The van der Waals surface area contributed by atoms with Gasteiger partial charge in [-0.15, -0.1) is 13.2 Å². The SMILES string of the molecule is CNCCN1CCC(c2cc(C)c3nc(-c4ccc(OC(F)(F)F)cc4)[nH]c3c2)CC1. The summed E-state index contributed by atoms with van der Waals surface area (Å²) in [4.78, 5) is 10.5. The number of ether oxygens (including phenoxy) is 1. The van der Waals surface area contributed by atoms with Crippen LogP contribution in [0.5, 0.6) is 5.75 Å². The van der Waals surface area contributed by atoms with Gasteiger partial charge in [0.15, 0.2) is 0 Å². The number of imidazole rings is 1. The molecule has 1 fully saturated rings. The molecule has 0 amide bonds. The van der Waals surface area contributed by atoms with Crippen molar-refractivity contribution in [1.29, 1.82) is 0 Å². The molecule has 31 heavy (non-hydrogen) atoms. The number of nitrogens with one attached hydrogen (secondary N) is 2. The lowest BCUT2D eigenvalue weighted by Gasteiger charge is -2.32. The van der Waals surface area contributed by atoms with Crippen LogP contribution in [0.25, 0.3) is 22.4 Å². The van der Waals surface area contributed by atoms with Crippen LogP contribution in [-0.2, 0) is 0 Å². The van der Waals surface area contributed by atoms with Crippen molar-refractivity contribution >= 4 is 11.0 Å². The number of rotatable bonds is 6. The minimum Gasteiger partial charge on any atom is -0.406 e. The van der Waals surface area contributed by atoms with Crippen LogP contribution in [0.3, 0.4) is 0 Å². The molecule has 5 nitrogen and oxygen atoms in total. The number of hydrogen-bond donors (Lipinski definition) is 2. The Morgan fingerprint density at radius 1 is 1.16 bits per heavy atom. The van der Waals surface area contributed by atoms with Gasteiger partial charge in [-0.1, -0.05) is 6.07 Å². The number of piperidine rings is 1. The third-order valence-electron chi connectivity index (χ3n) is 5.90. The Bertz CT molecular complexity index is 1020. The van der Waals surface area contributed by atoms with Gasteiger partial charge >= 0.3 is 6.36 Å². The van der Waals surface area contributed by atoms with Gasteiger partial charge in [0.1, 0.15) is 11.6 Å². The molecule has 0 aliphatic carbocycles. The van der Waals surface area contributed by atoms with Gasteiger partial charge in [0.05, 0.1) is 11.0 Å². The lowest BCUT2D eigenvalue weighted by Crippen LogP contribution is -2.37. The van der Waals surface area contributed by atoms with E-state index in [1.807, 2.05) is 7.05 Å². The van der Waals surface area contributed by atoms with Gasteiger partial charge in [0, 0.05) is 18.7 Å². The molecule has 2 N–H and O–H groups in total. The quantitative estimate of drug-likeness (QED) is 0.586. The average molecular weight is 432 g/mol. The van der Waals surface area contributed by atoms with Crippen LogP contribution in [0.1, 0.15) is 29.9 Å². The molecule has 8 heteroatoms. The van der Waals surface area contributed by atoms with Crippen LogP contribution in [-0.4, -0.2) is 54.5 Å². The summed E-state index contributed by atoms with van der Waals surface area (Å²) in [6, 6.07) is 10.2. The Labute approximate surface area is 179 Å². The number of halogens is 3. The van der Waals surface area contributed by atoms with E-state index in [1.54, 1.807) is 12.1 Å². The van der Waals surface area contributed by atoms with Gasteiger partial charge in [-0.25, -0.2) is 4.98 Å². The van der Waals surface area contributed by atoms with E-state index in [0.29, 0.717) is 17.3 Å². The van der Waals surface area contributed by atoms with Crippen molar-refractivity contribution in [2.75, 3.05) is 33.2 Å². The van der Waals surface area contributed by atoms with E-state index >= 15 is 0 Å². The van der Waals surface area contributed by atoms with Gasteiger partial charge in [-0.3, -0.25) is 0 Å². The molecule has 1 aromatic heterocycles. The molecule has 0 bridgehead atoms. The van der Waals surface area contributed by atoms with Crippen molar-refractivity contribution in [3.63, 3.8) is 0 Å². The fourth-order valence-corrected chi connectivity index (χ4v) is 4.27. The summed E-state index contributed by atoms with van der Waals surface area (Å²) in [5.74, 6) is 0.919. The number of nitrogens with zero attached hydrogens (tertiary/aromatic N) is 2. The Morgan fingerprint density at radius 3 is 2.52 bits per heavy atom. The summed E-state index contributed by atoms with van der Waals surface area (Å²) in [6.07, 6.45) is -2.43. The number of H-pyrrole nitrogens is 1. The molecule has 4 rings (SSSR count). The predicted molar refractivity (Wildman–Crippen MR) is 115 cm³/mol. The Hall–Kier alpha value is -2.58. The number of hydrogen-bond acceptors (Lipinski definition) is 4. The smallest absolute Gasteiger partial charge is 0.406 e. The second-order valence-electron chi connectivity index (χ2n) is 8.11. The highest BCUT2D eigenvalue weighted by molar-refractivity contribution is 5.83. The number of alkyl halides is 3. The van der Waals surface area contributed by atoms with E-state index in [2.05, 4.69) is 44.0 Å². The first-order chi connectivity index (χ1) is 14.8. The molecule has 1 saturated heterocycles. The molecule has 0 saturated carbocycles. The topological polar surface area (TPSA) is 53.2 Å². The van der Waals surface area contributed by atoms with Gasteiger partial charge in [0.2, 0.25) is 0 Å². The van der Waals surface area contributed by atoms with Crippen molar-refractivity contribution in [1.82, 2.24) is 20.2 Å². The molecule has 3 aromatic rings. The number of likely N-dealkylation sites (tertiary alicyclic amines) is 1. The van der Waals surface area contributed by atoms with E-state index < -0.39 is 6.36 Å². The molecule has 166 valence electrons. The maximum Gasteiger partial charge on any atom is 0.573 e. The Morgan fingerprint density at radius 2 is 1.87 bits per heavy atom. The molecule has 0 radical (unpaired) electrons. The third kappa shape index (κ3) is 5.19. The summed E-state index contributed by atoms with van der Waals surface area (Å²) in [6.45, 7) is 6.35. The highest BCUT2D eigenvalue weighted by atomic mass is 19.4. The maximum absolute atomic E-state index is 12.4. The number of aromatic nitrogens is 2. The molecular formula is C23H27F3N4O. The van der Waals surface area contributed by atoms with E-state index in [-0.39, 0.29) is 5.75 Å². The van der Waals surface area contributed by atoms with Crippen LogP contribution in [0.15, 0.2) is 36.4 Å². The van der Waals surface area contributed by atoms with Crippen molar-refractivity contribution in [2.24, 2.45) is 0 Å². The fraction of sp³-hybridized carbons (Fsp3) is 0.435. The summed E-state index contributed by atoms with van der Waals surface area (Å²) < 4.78 is 41.1. The number of fused-ring (bicyclic) bond motifs is 1. The van der Waals surface area contributed by atoms with Crippen molar-refractivity contribution in [2.45, 2.75) is 32.0 Å². The molecule has 1 aliphatic heterocycles. The molecule has 2 heterocycles. The summed E-state index contributed by atoms with van der Waals surface area (Å²) >= 11 is 0. The summed E-state index contributed by atoms with van der Waals surface area (Å²) in [5, 5.41) is 3.20. The molecule has 0 unspecified atom stereocenters. The Balaban J connectivity index is 1.52. The zero-order valence-electron chi connectivity index (χ0n) is 17.7. The van der Waals surface area contributed by atoms with Crippen LogP contribution in [0.2, 0.25) is 0 Å². The van der Waals surface area contributed by atoms with Crippen LogP contribution < -0.4 is 10.1 Å². The van der Waals surface area contributed by atoms with E-state index in [0.717, 1.165) is 55.6 Å². The highest BCUT2D eigenvalue weighted by Gasteiger charge is 2.31. The average Bonchev–Trinajstić information content (AvgIpc) is 3.17. The molecule has 0 spiro atoms. The second kappa shape index (κ2) is 8.88. The van der Waals surface area contributed by atoms with Gasteiger partial charge in [0.25, 0.3) is 0 Å². The summed E-state index contributed by atoms with van der Waals surface area (Å²) in [7, 11) is 1.98. The second-order valence-corrected chi connectivity index (χ2v) is 8.11. The first-order valence-electron chi connectivity index (χ1n) is 10.6. The standard InChI is InChI=1S/C23H27F3N4O/c1-15-13-18(16-7-10-30(11-8-16)12-9-27-2)14-20-21(15)29-22(28-20)17-3-5-19(6-4-17)31-23(24,25)26/h3-6,13-14,16,27H,7-12H2,1-2H3,(H,28,29). The highest BCUT2D eigenvalue weighted by Crippen LogP contribution is 2.33. The third-order valence-corrected chi connectivity index (χ3v) is 5.90. The van der Waals surface area contributed by atoms with Crippen molar-refractivity contribution < 1.29 is 17.9 Å². The van der Waals surface area contributed by atoms with Crippen LogP contribution >= 0.6 is 0 Å². The number of likely N-dealkylation sites (N-methyl/N-ethyl adjacent to an activating group) is 1. The van der Waals surface area contributed by atoms with Crippen LogP contribution in [0, 0.1) is 6.92 Å². The number of aromatic amines is 1. The lowest BCUT2D eigenvalue weighted by atomic mass is 9.88. The maximum atomic E-state index is 12.4. The molecule has 0 atom stereocenters. The number of benzene rings is 2. The zero-order chi connectivity index (χ0) is 22.0. The molecule has 1 aliphatic rings. The fourth-order valence-electron chi connectivity index (χ4n) is 4.27. The minimum absolute atomic E-state index is 0.244. The van der Waals surface area contributed by atoms with E-state index in [9.17, 15) is 13.2 Å². The van der Waals surface area contributed by atoms with Crippen molar-refractivity contribution in [3.8, 4) is 17.1 Å². The monoisotopic (exact) mass is 432 g/mol. The van der Waals surface area contributed by atoms with Gasteiger partial charge < -0.3 is 19.9 Å². The van der Waals surface area contributed by atoms with E-state index in [4.69, 9.17) is 0 Å². The number of aryl methyl sites for hydroxylation is 1. The van der Waals surface area contributed by atoms with Gasteiger partial charge in [-0.2, -0.15) is 0 Å². The lowest BCUT2D eigenvalue weighted by molar-refractivity contribution is -0.274. The largest absolute Gasteiger partial charge is 0.573 e. The first-order valence-corrected chi connectivity index (χ1v) is 10.6.